The van der Waals surface area contributed by atoms with E-state index in [0.717, 1.165) is 41.7 Å². The summed E-state index contributed by atoms with van der Waals surface area (Å²) in [6.07, 6.45) is 4.66. The van der Waals surface area contributed by atoms with E-state index >= 15 is 0 Å². The molecule has 112 valence electrons. The average Bonchev–Trinajstić information content (AvgIpc) is 2.73. The first-order chi connectivity index (χ1) is 10.3. The summed E-state index contributed by atoms with van der Waals surface area (Å²) in [6, 6.07) is 5.93. The Labute approximate surface area is 124 Å². The maximum absolute atomic E-state index is 5.89. The highest BCUT2D eigenvalue weighted by molar-refractivity contribution is 5.42. The highest BCUT2D eigenvalue weighted by atomic mass is 16.5. The van der Waals surface area contributed by atoms with Crippen molar-refractivity contribution in [1.82, 2.24) is 14.8 Å². The molecule has 0 saturated heterocycles. The lowest BCUT2D eigenvalue weighted by molar-refractivity contribution is 0.270. The van der Waals surface area contributed by atoms with Crippen LogP contribution in [-0.2, 0) is 19.6 Å². The van der Waals surface area contributed by atoms with Crippen molar-refractivity contribution in [2.45, 2.75) is 45.8 Å². The van der Waals surface area contributed by atoms with Crippen LogP contribution >= 0.6 is 0 Å². The van der Waals surface area contributed by atoms with Crippen molar-refractivity contribution in [3.63, 3.8) is 0 Å². The fourth-order valence-corrected chi connectivity index (χ4v) is 2.69. The van der Waals surface area contributed by atoms with Crippen molar-refractivity contribution >= 4 is 0 Å². The Hall–Kier alpha value is -2.04. The summed E-state index contributed by atoms with van der Waals surface area (Å²) in [5.41, 5.74) is 1.15. The van der Waals surface area contributed by atoms with E-state index in [1.165, 1.54) is 19.3 Å². The lowest BCUT2D eigenvalue weighted by Crippen LogP contribution is -2.09. The molecule has 0 fully saturated rings. The number of ether oxygens (including phenoxy) is 2. The molecule has 5 heteroatoms. The average molecular weight is 287 g/mol. The fraction of sp³-hybridized carbons (Fsp3) is 0.500. The first-order valence-electron chi connectivity index (χ1n) is 7.46. The third kappa shape index (κ3) is 3.01. The number of aromatic nitrogens is 3. The van der Waals surface area contributed by atoms with Gasteiger partial charge in [0.15, 0.2) is 17.3 Å². The number of hydrogen-bond acceptors (Lipinski definition) is 4. The maximum Gasteiger partial charge on any atom is 0.171 e. The van der Waals surface area contributed by atoms with Gasteiger partial charge in [0, 0.05) is 13.0 Å². The van der Waals surface area contributed by atoms with Gasteiger partial charge >= 0.3 is 0 Å². The largest absolute Gasteiger partial charge is 0.493 e. The Kier molecular flexibility index (Phi) is 4.08. The van der Waals surface area contributed by atoms with E-state index in [1.807, 2.05) is 25.1 Å². The molecule has 3 rings (SSSR count). The second kappa shape index (κ2) is 6.16. The molecule has 1 aromatic heterocycles. The predicted octanol–water partition coefficient (Wildman–Crippen LogP) is 2.90. The normalized spacial score (nSPS) is 14.4. The van der Waals surface area contributed by atoms with Gasteiger partial charge in [-0.1, -0.05) is 12.5 Å². The van der Waals surface area contributed by atoms with Gasteiger partial charge in [-0.25, -0.2) is 0 Å². The minimum atomic E-state index is 0.423. The van der Waals surface area contributed by atoms with E-state index < -0.39 is 0 Å². The number of hydrogen-bond donors (Lipinski definition) is 0. The molecule has 0 aliphatic carbocycles. The monoisotopic (exact) mass is 287 g/mol. The topological polar surface area (TPSA) is 49.2 Å². The molecule has 21 heavy (non-hydrogen) atoms. The molecule has 1 aliphatic rings. The van der Waals surface area contributed by atoms with Crippen LogP contribution < -0.4 is 9.47 Å². The Balaban J connectivity index is 1.75. The van der Waals surface area contributed by atoms with Crippen LogP contribution in [0.25, 0.3) is 0 Å². The molecule has 0 saturated carbocycles. The van der Waals surface area contributed by atoms with Crippen LogP contribution in [-0.4, -0.2) is 21.9 Å². The highest BCUT2D eigenvalue weighted by Crippen LogP contribution is 2.28. The number of rotatable bonds is 4. The van der Waals surface area contributed by atoms with Gasteiger partial charge in [-0.05, 0) is 37.5 Å². The Morgan fingerprint density at radius 1 is 1.14 bits per heavy atom. The van der Waals surface area contributed by atoms with E-state index in [2.05, 4.69) is 14.8 Å². The van der Waals surface area contributed by atoms with Crippen molar-refractivity contribution in [2.75, 3.05) is 7.11 Å². The van der Waals surface area contributed by atoms with E-state index in [1.54, 1.807) is 7.11 Å². The van der Waals surface area contributed by atoms with Crippen LogP contribution in [0.3, 0.4) is 0 Å². The fourth-order valence-electron chi connectivity index (χ4n) is 2.69. The summed E-state index contributed by atoms with van der Waals surface area (Å²) in [5.74, 6) is 3.48. The molecular weight excluding hydrogens is 266 g/mol. The minimum absolute atomic E-state index is 0.423. The van der Waals surface area contributed by atoms with Crippen molar-refractivity contribution in [2.24, 2.45) is 0 Å². The molecule has 0 spiro atoms. The zero-order valence-electron chi connectivity index (χ0n) is 12.6. The summed E-state index contributed by atoms with van der Waals surface area (Å²) in [7, 11) is 1.66. The lowest BCUT2D eigenvalue weighted by atomic mass is 10.2. The molecule has 0 bridgehead atoms. The number of nitrogens with zero attached hydrogens (tertiary/aromatic N) is 3. The molecule has 0 unspecified atom stereocenters. The number of fused-ring (bicyclic) bond motifs is 1. The van der Waals surface area contributed by atoms with E-state index in [4.69, 9.17) is 9.47 Å². The number of aryl methyl sites for hydroxylation is 2. The third-order valence-corrected chi connectivity index (χ3v) is 3.86. The summed E-state index contributed by atoms with van der Waals surface area (Å²) in [6.45, 7) is 3.45. The second-order valence-electron chi connectivity index (χ2n) is 5.44. The van der Waals surface area contributed by atoms with Gasteiger partial charge in [0.05, 0.1) is 7.11 Å². The van der Waals surface area contributed by atoms with E-state index in [0.29, 0.717) is 6.61 Å². The molecule has 0 amide bonds. The summed E-state index contributed by atoms with van der Waals surface area (Å²) < 4.78 is 13.4. The smallest absolute Gasteiger partial charge is 0.171 e. The van der Waals surface area contributed by atoms with Gasteiger partial charge in [-0.2, -0.15) is 0 Å². The van der Waals surface area contributed by atoms with E-state index in [-0.39, 0.29) is 0 Å². The second-order valence-corrected chi connectivity index (χ2v) is 5.44. The van der Waals surface area contributed by atoms with Gasteiger partial charge in [0.1, 0.15) is 12.4 Å². The quantitative estimate of drug-likeness (QED) is 0.867. The van der Waals surface area contributed by atoms with Gasteiger partial charge in [0.25, 0.3) is 0 Å². The lowest BCUT2D eigenvalue weighted by Gasteiger charge is -2.12. The van der Waals surface area contributed by atoms with Gasteiger partial charge in [-0.15, -0.1) is 10.2 Å². The number of methoxy groups -OCH3 is 1. The summed E-state index contributed by atoms with van der Waals surface area (Å²) in [4.78, 5) is 0. The van der Waals surface area contributed by atoms with Crippen LogP contribution in [0, 0.1) is 6.92 Å². The zero-order chi connectivity index (χ0) is 14.7. The Morgan fingerprint density at radius 3 is 2.90 bits per heavy atom. The molecule has 0 radical (unpaired) electrons. The summed E-state index contributed by atoms with van der Waals surface area (Å²) in [5, 5.41) is 8.56. The van der Waals surface area contributed by atoms with Crippen molar-refractivity contribution in [1.29, 1.82) is 0 Å². The zero-order valence-corrected chi connectivity index (χ0v) is 12.6. The predicted molar refractivity (Wildman–Crippen MR) is 79.6 cm³/mol. The molecule has 0 atom stereocenters. The molecule has 1 aromatic carbocycles. The van der Waals surface area contributed by atoms with Crippen molar-refractivity contribution in [3.05, 3.63) is 35.4 Å². The highest BCUT2D eigenvalue weighted by Gasteiger charge is 2.15. The number of benzene rings is 1. The first-order valence-corrected chi connectivity index (χ1v) is 7.46. The van der Waals surface area contributed by atoms with Crippen LogP contribution in [0.4, 0.5) is 0 Å². The molecule has 1 aliphatic heterocycles. The SMILES string of the molecule is COc1cc(C)ccc1OCc1nnc2n1CCCCC2. The molecule has 2 heterocycles. The Morgan fingerprint density at radius 2 is 2.05 bits per heavy atom. The van der Waals surface area contributed by atoms with Crippen LogP contribution in [0.5, 0.6) is 11.5 Å². The van der Waals surface area contributed by atoms with Gasteiger partial charge in [0.2, 0.25) is 0 Å². The molecule has 5 nitrogen and oxygen atoms in total. The maximum atomic E-state index is 5.89. The summed E-state index contributed by atoms with van der Waals surface area (Å²) >= 11 is 0. The third-order valence-electron chi connectivity index (χ3n) is 3.86. The molecular formula is C16H21N3O2. The molecule has 2 aromatic rings. The van der Waals surface area contributed by atoms with Crippen LogP contribution in [0.1, 0.15) is 36.5 Å². The molecule has 0 N–H and O–H groups in total. The standard InChI is InChI=1S/C16H21N3O2/c1-12-7-8-13(14(10-12)20-2)21-11-16-18-17-15-6-4-3-5-9-19(15)16/h7-8,10H,3-6,9,11H2,1-2H3. The van der Waals surface area contributed by atoms with Crippen LogP contribution in [0.2, 0.25) is 0 Å². The Bertz CT molecular complexity index is 622. The minimum Gasteiger partial charge on any atom is -0.493 e. The van der Waals surface area contributed by atoms with Crippen molar-refractivity contribution < 1.29 is 9.47 Å². The van der Waals surface area contributed by atoms with Gasteiger partial charge in [-0.3, -0.25) is 0 Å². The van der Waals surface area contributed by atoms with E-state index in [9.17, 15) is 0 Å². The van der Waals surface area contributed by atoms with Gasteiger partial charge < -0.3 is 14.0 Å². The van der Waals surface area contributed by atoms with Crippen molar-refractivity contribution in [3.8, 4) is 11.5 Å². The first kappa shape index (κ1) is 13.9. The van der Waals surface area contributed by atoms with Crippen LogP contribution in [0.15, 0.2) is 18.2 Å².